The maximum atomic E-state index is 6.97. The van der Waals surface area contributed by atoms with Crippen LogP contribution < -0.4 is 14.2 Å². The van der Waals surface area contributed by atoms with Crippen molar-refractivity contribution < 1.29 is 14.2 Å². The van der Waals surface area contributed by atoms with Crippen LogP contribution in [0.25, 0.3) is 55.4 Å². The van der Waals surface area contributed by atoms with Crippen LogP contribution in [0, 0.1) is 0 Å². The number of rotatable bonds is 5. The Labute approximate surface area is 298 Å². The summed E-state index contributed by atoms with van der Waals surface area (Å²) in [6.45, 7) is 0. The molecule has 2 aromatic heterocycles. The van der Waals surface area contributed by atoms with Gasteiger partial charge in [0, 0.05) is 32.3 Å². The van der Waals surface area contributed by atoms with Crippen LogP contribution >= 0.6 is 11.3 Å². The van der Waals surface area contributed by atoms with Crippen LogP contribution in [0.2, 0.25) is 0 Å². The van der Waals surface area contributed by atoms with Gasteiger partial charge in [-0.15, -0.1) is 11.3 Å². The molecule has 0 saturated carbocycles. The minimum Gasteiger partial charge on any atom is -0.497 e. The maximum absolute atomic E-state index is 6.97. The summed E-state index contributed by atoms with van der Waals surface area (Å²) in [6, 6.07) is 46.0. The van der Waals surface area contributed by atoms with Crippen molar-refractivity contribution in [3.8, 4) is 68.3 Å². The number of hydrogen-bond donors (Lipinski definition) is 0. The van der Waals surface area contributed by atoms with E-state index in [1.54, 1.807) is 25.6 Å². The van der Waals surface area contributed by atoms with Crippen LogP contribution in [0.15, 0.2) is 139 Å². The first-order valence-corrected chi connectivity index (χ1v) is 17.6. The second-order valence-electron chi connectivity index (χ2n) is 12.7. The highest BCUT2D eigenvalue weighted by Gasteiger charge is 2.52. The van der Waals surface area contributed by atoms with Gasteiger partial charge in [-0.1, -0.05) is 60.7 Å². The number of nitrogens with zero attached hydrogens (tertiary/aromatic N) is 3. The third-order valence-electron chi connectivity index (χ3n) is 10.1. The fraction of sp³-hybridized carbons (Fsp3) is 0.0682. The molecule has 51 heavy (non-hydrogen) atoms. The van der Waals surface area contributed by atoms with Crippen molar-refractivity contribution in [2.75, 3.05) is 14.2 Å². The van der Waals surface area contributed by atoms with E-state index >= 15 is 0 Å². The van der Waals surface area contributed by atoms with E-state index in [4.69, 9.17) is 29.2 Å². The fourth-order valence-corrected chi connectivity index (χ4v) is 8.67. The Bertz CT molecular complexity index is 2580. The molecule has 1 spiro atoms. The molecule has 244 valence electrons. The van der Waals surface area contributed by atoms with Crippen LogP contribution in [0.5, 0.6) is 23.0 Å². The minimum absolute atomic E-state index is 0.521. The third-order valence-corrected chi connectivity index (χ3v) is 11.0. The number of thiophene rings is 1. The van der Waals surface area contributed by atoms with Crippen molar-refractivity contribution >= 4 is 21.4 Å². The van der Waals surface area contributed by atoms with E-state index in [-0.39, 0.29) is 0 Å². The molecule has 0 fully saturated rings. The Morgan fingerprint density at radius 3 is 1.84 bits per heavy atom. The first-order valence-electron chi connectivity index (χ1n) is 16.7. The second kappa shape index (κ2) is 11.4. The van der Waals surface area contributed by atoms with E-state index in [1.807, 2.05) is 54.6 Å². The lowest BCUT2D eigenvalue weighted by atomic mass is 9.65. The molecule has 0 amide bonds. The van der Waals surface area contributed by atoms with Crippen molar-refractivity contribution in [3.63, 3.8) is 0 Å². The zero-order valence-electron chi connectivity index (χ0n) is 27.8. The van der Waals surface area contributed by atoms with Gasteiger partial charge < -0.3 is 14.2 Å². The molecule has 1 atom stereocenters. The number of para-hydroxylation sites is 2. The predicted octanol–water partition coefficient (Wildman–Crippen LogP) is 10.6. The number of fused-ring (bicyclic) bond motifs is 11. The highest BCUT2D eigenvalue weighted by atomic mass is 32.1. The van der Waals surface area contributed by atoms with Gasteiger partial charge in [0.2, 0.25) is 0 Å². The predicted molar refractivity (Wildman–Crippen MR) is 202 cm³/mol. The van der Waals surface area contributed by atoms with Gasteiger partial charge in [0.25, 0.3) is 0 Å². The van der Waals surface area contributed by atoms with E-state index in [0.29, 0.717) is 17.5 Å². The molecule has 8 aromatic rings. The van der Waals surface area contributed by atoms with Gasteiger partial charge >= 0.3 is 0 Å². The summed E-state index contributed by atoms with van der Waals surface area (Å²) in [5.74, 6) is 4.68. The standard InChI is InChI=1S/C44H29N3O3S/c1-48-28-18-14-26(15-19-28)41-45-42(27-16-20-29(49-2)21-17-27)47-43(46-41)32-9-7-12-36-40(32)50-37-13-6-5-11-34(37)44(36)33-10-4-3-8-30(33)39-31-24-25-51-38(31)23-22-35(39)44/h3-25H,1-2H3. The molecule has 2 aliphatic rings. The molecule has 10 rings (SSSR count). The SMILES string of the molecule is COc1ccc(-c2nc(-c3ccc(OC)cc3)nc(-c3cccc4c3Oc3ccccc3C43c4ccccc4-c4c3ccc3sccc43)n2)cc1. The van der Waals surface area contributed by atoms with Gasteiger partial charge in [-0.25, -0.2) is 15.0 Å². The summed E-state index contributed by atoms with van der Waals surface area (Å²) in [5, 5.41) is 3.46. The molecule has 7 heteroatoms. The Morgan fingerprint density at radius 1 is 0.529 bits per heavy atom. The summed E-state index contributed by atoms with van der Waals surface area (Å²) < 4.78 is 19.1. The van der Waals surface area contributed by atoms with Gasteiger partial charge in [0.15, 0.2) is 17.5 Å². The number of aromatic nitrogens is 3. The molecule has 3 heterocycles. The number of ether oxygens (including phenoxy) is 3. The minimum atomic E-state index is -0.618. The van der Waals surface area contributed by atoms with Crippen LogP contribution in [0.4, 0.5) is 0 Å². The van der Waals surface area contributed by atoms with E-state index in [9.17, 15) is 0 Å². The summed E-state index contributed by atoms with van der Waals surface area (Å²) in [4.78, 5) is 15.2. The molecule has 6 nitrogen and oxygen atoms in total. The fourth-order valence-electron chi connectivity index (χ4n) is 7.87. The quantitative estimate of drug-likeness (QED) is 0.180. The lowest BCUT2D eigenvalue weighted by Crippen LogP contribution is -2.32. The van der Waals surface area contributed by atoms with E-state index < -0.39 is 5.41 Å². The average Bonchev–Trinajstić information content (AvgIpc) is 3.79. The molecule has 0 saturated heterocycles. The Balaban J connectivity index is 1.25. The number of methoxy groups -OCH3 is 2. The monoisotopic (exact) mass is 679 g/mol. The molecular weight excluding hydrogens is 651 g/mol. The first-order chi connectivity index (χ1) is 25.2. The van der Waals surface area contributed by atoms with Gasteiger partial charge in [-0.05, 0) is 100 Å². The normalized spacial score (nSPS) is 15.1. The van der Waals surface area contributed by atoms with E-state index in [0.717, 1.165) is 50.8 Å². The molecule has 0 N–H and O–H groups in total. The number of hydrogen-bond acceptors (Lipinski definition) is 7. The second-order valence-corrected chi connectivity index (χ2v) is 13.6. The molecular formula is C44H29N3O3S. The van der Waals surface area contributed by atoms with Crippen molar-refractivity contribution in [1.82, 2.24) is 15.0 Å². The Hall–Kier alpha value is -6.31. The molecule has 0 bridgehead atoms. The molecule has 6 aromatic carbocycles. The highest BCUT2D eigenvalue weighted by Crippen LogP contribution is 2.64. The van der Waals surface area contributed by atoms with Gasteiger partial charge in [0.1, 0.15) is 23.0 Å². The summed E-state index contributed by atoms with van der Waals surface area (Å²) in [6.07, 6.45) is 0. The molecule has 1 aliphatic carbocycles. The average molecular weight is 680 g/mol. The van der Waals surface area contributed by atoms with Crippen LogP contribution in [-0.4, -0.2) is 29.2 Å². The number of benzene rings is 6. The summed E-state index contributed by atoms with van der Waals surface area (Å²) >= 11 is 1.78. The zero-order valence-corrected chi connectivity index (χ0v) is 28.6. The van der Waals surface area contributed by atoms with E-state index in [1.165, 1.54) is 32.3 Å². The molecule has 1 unspecified atom stereocenters. The first kappa shape index (κ1) is 29.6. The molecule has 1 aliphatic heterocycles. The summed E-state index contributed by atoms with van der Waals surface area (Å²) in [5.41, 5.74) is 9.04. The van der Waals surface area contributed by atoms with Crippen molar-refractivity contribution in [3.05, 3.63) is 161 Å². The topological polar surface area (TPSA) is 66.4 Å². The van der Waals surface area contributed by atoms with Gasteiger partial charge in [-0.2, -0.15) is 0 Å². The lowest BCUT2D eigenvalue weighted by Gasteiger charge is -2.40. The Kier molecular flexibility index (Phi) is 6.60. The largest absolute Gasteiger partial charge is 0.497 e. The van der Waals surface area contributed by atoms with Crippen LogP contribution in [0.1, 0.15) is 22.3 Å². The highest BCUT2D eigenvalue weighted by molar-refractivity contribution is 7.17. The third kappa shape index (κ3) is 4.31. The van der Waals surface area contributed by atoms with E-state index in [2.05, 4.69) is 84.2 Å². The summed E-state index contributed by atoms with van der Waals surface area (Å²) in [7, 11) is 3.32. The molecule has 0 radical (unpaired) electrons. The van der Waals surface area contributed by atoms with Crippen molar-refractivity contribution in [2.24, 2.45) is 0 Å². The zero-order chi connectivity index (χ0) is 34.1. The van der Waals surface area contributed by atoms with Crippen molar-refractivity contribution in [2.45, 2.75) is 5.41 Å². The van der Waals surface area contributed by atoms with Gasteiger partial charge in [-0.3, -0.25) is 0 Å². The van der Waals surface area contributed by atoms with Gasteiger partial charge in [0.05, 0.1) is 25.2 Å². The maximum Gasteiger partial charge on any atom is 0.167 e. The smallest absolute Gasteiger partial charge is 0.167 e. The van der Waals surface area contributed by atoms with Crippen LogP contribution in [-0.2, 0) is 5.41 Å². The van der Waals surface area contributed by atoms with Crippen molar-refractivity contribution in [1.29, 1.82) is 0 Å². The lowest BCUT2D eigenvalue weighted by molar-refractivity contribution is 0.415. The van der Waals surface area contributed by atoms with Crippen LogP contribution in [0.3, 0.4) is 0 Å². The Morgan fingerprint density at radius 2 is 1.14 bits per heavy atom.